The van der Waals surface area contributed by atoms with E-state index >= 15 is 0 Å². The number of nitrogens with zero attached hydrogens (tertiary/aromatic N) is 3. The molecule has 1 aliphatic rings. The molecule has 30 heavy (non-hydrogen) atoms. The zero-order chi connectivity index (χ0) is 21.1. The lowest BCUT2D eigenvalue weighted by Gasteiger charge is -2.26. The summed E-state index contributed by atoms with van der Waals surface area (Å²) in [7, 11) is -3.62. The minimum absolute atomic E-state index is 0.0528. The highest BCUT2D eigenvalue weighted by molar-refractivity contribution is 9.10. The van der Waals surface area contributed by atoms with Gasteiger partial charge in [-0.1, -0.05) is 21.0 Å². The van der Waals surface area contributed by atoms with E-state index in [1.807, 2.05) is 12.1 Å². The lowest BCUT2D eigenvalue weighted by molar-refractivity contribution is 0.0730. The van der Waals surface area contributed by atoms with Crippen LogP contribution in [0.3, 0.4) is 0 Å². The van der Waals surface area contributed by atoms with Crippen LogP contribution in [0.1, 0.15) is 10.4 Å². The predicted octanol–water partition coefficient (Wildman–Crippen LogP) is 2.77. The van der Waals surface area contributed by atoms with Crippen LogP contribution in [0.2, 0.25) is 0 Å². The fourth-order valence-electron chi connectivity index (χ4n) is 2.87. The van der Waals surface area contributed by atoms with Gasteiger partial charge in [0.05, 0.1) is 18.1 Å². The van der Waals surface area contributed by atoms with E-state index in [9.17, 15) is 13.2 Å². The van der Waals surface area contributed by atoms with Gasteiger partial charge in [0, 0.05) is 28.7 Å². The maximum absolute atomic E-state index is 12.7. The predicted molar refractivity (Wildman–Crippen MR) is 111 cm³/mol. The number of hydrogen-bond acceptors (Lipinski definition) is 7. The van der Waals surface area contributed by atoms with Crippen molar-refractivity contribution in [3.05, 3.63) is 58.6 Å². The van der Waals surface area contributed by atoms with Gasteiger partial charge < -0.3 is 9.15 Å². The number of ether oxygens (including phenoxy) is 1. The Bertz CT molecular complexity index is 1140. The summed E-state index contributed by atoms with van der Waals surface area (Å²) in [4.78, 5) is 12.6. The minimum atomic E-state index is -3.62. The fraction of sp³-hybridized carbons (Fsp3) is 0.211. The van der Waals surface area contributed by atoms with Gasteiger partial charge in [-0.15, -0.1) is 5.10 Å². The number of halogens is 1. The van der Waals surface area contributed by atoms with E-state index in [4.69, 9.17) is 9.15 Å². The highest BCUT2D eigenvalue weighted by Gasteiger charge is 2.26. The lowest BCUT2D eigenvalue weighted by atomic mass is 10.2. The first-order chi connectivity index (χ1) is 14.4. The van der Waals surface area contributed by atoms with Crippen molar-refractivity contribution in [2.24, 2.45) is 0 Å². The number of aromatic nitrogens is 2. The minimum Gasteiger partial charge on any atom is -0.403 e. The van der Waals surface area contributed by atoms with Gasteiger partial charge in [0.2, 0.25) is 15.9 Å². The molecule has 0 saturated carbocycles. The maximum atomic E-state index is 12.7. The standard InChI is InChI=1S/C19H17BrN4O5S/c20-15-5-1-14(2-6-15)18-22-23-19(29-18)21-17(25)13-3-7-16(8-4-13)30(26,27)24-9-11-28-12-10-24/h1-8H,9-12H2,(H,21,23,25). The fourth-order valence-corrected chi connectivity index (χ4v) is 4.54. The number of morpholine rings is 1. The molecule has 0 aliphatic carbocycles. The van der Waals surface area contributed by atoms with Crippen LogP contribution in [-0.4, -0.2) is 55.1 Å². The summed E-state index contributed by atoms with van der Waals surface area (Å²) in [6, 6.07) is 12.9. The Morgan fingerprint density at radius 3 is 2.33 bits per heavy atom. The number of hydrogen-bond donors (Lipinski definition) is 1. The molecule has 11 heteroatoms. The Kier molecular flexibility index (Phi) is 5.95. The van der Waals surface area contributed by atoms with Crippen molar-refractivity contribution in [3.8, 4) is 11.5 Å². The van der Waals surface area contributed by atoms with Crippen LogP contribution >= 0.6 is 15.9 Å². The van der Waals surface area contributed by atoms with Crippen molar-refractivity contribution in [2.45, 2.75) is 4.90 Å². The van der Waals surface area contributed by atoms with Crippen molar-refractivity contribution < 1.29 is 22.4 Å². The second kappa shape index (κ2) is 8.64. The summed E-state index contributed by atoms with van der Waals surface area (Å²) in [6.45, 7) is 1.35. The molecule has 3 aromatic rings. The molecule has 1 amide bonds. The van der Waals surface area contributed by atoms with Gasteiger partial charge in [-0.25, -0.2) is 8.42 Å². The van der Waals surface area contributed by atoms with E-state index in [1.165, 1.54) is 28.6 Å². The first-order valence-corrected chi connectivity index (χ1v) is 11.3. The number of rotatable bonds is 5. The average Bonchev–Trinajstić information content (AvgIpc) is 3.23. The molecule has 1 aromatic heterocycles. The number of anilines is 1. The topological polar surface area (TPSA) is 115 Å². The molecule has 0 spiro atoms. The number of nitrogens with one attached hydrogen (secondary N) is 1. The molecular weight excluding hydrogens is 476 g/mol. The largest absolute Gasteiger partial charge is 0.403 e. The molecule has 1 N–H and O–H groups in total. The van der Waals surface area contributed by atoms with E-state index in [2.05, 4.69) is 31.4 Å². The maximum Gasteiger partial charge on any atom is 0.322 e. The Labute approximate surface area is 181 Å². The zero-order valence-corrected chi connectivity index (χ0v) is 18.0. The summed E-state index contributed by atoms with van der Waals surface area (Å²) >= 11 is 3.35. The molecule has 2 aromatic carbocycles. The summed E-state index contributed by atoms with van der Waals surface area (Å²) < 4.78 is 38.3. The Morgan fingerprint density at radius 2 is 1.67 bits per heavy atom. The van der Waals surface area contributed by atoms with Gasteiger partial charge in [0.25, 0.3) is 5.91 Å². The van der Waals surface area contributed by atoms with Crippen molar-refractivity contribution in [1.29, 1.82) is 0 Å². The van der Waals surface area contributed by atoms with Crippen LogP contribution in [0, 0.1) is 0 Å². The van der Waals surface area contributed by atoms with Crippen LogP contribution in [0.5, 0.6) is 0 Å². The Hall–Kier alpha value is -2.60. The summed E-state index contributed by atoms with van der Waals surface area (Å²) in [5.74, 6) is -0.221. The van der Waals surface area contributed by atoms with E-state index in [0.717, 1.165) is 4.47 Å². The van der Waals surface area contributed by atoms with Crippen LogP contribution in [0.4, 0.5) is 6.01 Å². The smallest absolute Gasteiger partial charge is 0.322 e. The number of carbonyl (C=O) groups is 1. The third-order valence-corrected chi connectivity index (χ3v) is 6.90. The quantitative estimate of drug-likeness (QED) is 0.581. The van der Waals surface area contributed by atoms with E-state index in [0.29, 0.717) is 31.9 Å². The van der Waals surface area contributed by atoms with Gasteiger partial charge >= 0.3 is 6.01 Å². The molecule has 0 bridgehead atoms. The molecular formula is C19H17BrN4O5S. The van der Waals surface area contributed by atoms with Crippen LogP contribution < -0.4 is 5.32 Å². The monoisotopic (exact) mass is 492 g/mol. The molecule has 0 atom stereocenters. The van der Waals surface area contributed by atoms with Crippen LogP contribution in [-0.2, 0) is 14.8 Å². The molecule has 1 fully saturated rings. The molecule has 1 saturated heterocycles. The van der Waals surface area contributed by atoms with Crippen LogP contribution in [0.15, 0.2) is 62.3 Å². The van der Waals surface area contributed by atoms with Crippen molar-refractivity contribution in [3.63, 3.8) is 0 Å². The Balaban J connectivity index is 1.45. The number of benzene rings is 2. The van der Waals surface area contributed by atoms with E-state index < -0.39 is 15.9 Å². The van der Waals surface area contributed by atoms with Crippen molar-refractivity contribution >= 4 is 37.9 Å². The molecule has 9 nitrogen and oxygen atoms in total. The van der Waals surface area contributed by atoms with Gasteiger partial charge in [0.15, 0.2) is 0 Å². The normalized spacial score (nSPS) is 15.1. The summed E-state index contributed by atoms with van der Waals surface area (Å²) in [5, 5.41) is 10.3. The molecule has 1 aliphatic heterocycles. The molecule has 156 valence electrons. The average molecular weight is 493 g/mol. The SMILES string of the molecule is O=C(Nc1nnc(-c2ccc(Br)cc2)o1)c1ccc(S(=O)(=O)N2CCOCC2)cc1. The third-order valence-electron chi connectivity index (χ3n) is 4.46. The lowest BCUT2D eigenvalue weighted by Crippen LogP contribution is -2.40. The molecule has 0 unspecified atom stereocenters. The summed E-state index contributed by atoms with van der Waals surface area (Å²) in [5.41, 5.74) is 0.975. The molecule has 4 rings (SSSR count). The van der Waals surface area contributed by atoms with Gasteiger partial charge in [-0.2, -0.15) is 4.31 Å². The second-order valence-corrected chi connectivity index (χ2v) is 9.27. The molecule has 0 radical (unpaired) electrons. The van der Waals surface area contributed by atoms with Gasteiger partial charge in [-0.3, -0.25) is 10.1 Å². The van der Waals surface area contributed by atoms with Gasteiger partial charge in [0.1, 0.15) is 0 Å². The second-order valence-electron chi connectivity index (χ2n) is 6.41. The highest BCUT2D eigenvalue weighted by Crippen LogP contribution is 2.22. The summed E-state index contributed by atoms with van der Waals surface area (Å²) in [6.07, 6.45) is 0. The zero-order valence-electron chi connectivity index (χ0n) is 15.6. The Morgan fingerprint density at radius 1 is 1.00 bits per heavy atom. The molecule has 2 heterocycles. The van der Waals surface area contributed by atoms with E-state index in [1.54, 1.807) is 12.1 Å². The van der Waals surface area contributed by atoms with Gasteiger partial charge in [-0.05, 0) is 48.5 Å². The first-order valence-electron chi connectivity index (χ1n) is 9.02. The number of amides is 1. The number of carbonyl (C=O) groups excluding carboxylic acids is 1. The van der Waals surface area contributed by atoms with Crippen molar-refractivity contribution in [2.75, 3.05) is 31.6 Å². The van der Waals surface area contributed by atoms with E-state index in [-0.39, 0.29) is 22.4 Å². The van der Waals surface area contributed by atoms with Crippen LogP contribution in [0.25, 0.3) is 11.5 Å². The van der Waals surface area contributed by atoms with Crippen molar-refractivity contribution in [1.82, 2.24) is 14.5 Å². The number of sulfonamides is 1. The third kappa shape index (κ3) is 4.43. The highest BCUT2D eigenvalue weighted by atomic mass is 79.9. The first kappa shape index (κ1) is 20.7.